The molecule has 1 aliphatic rings. The van der Waals surface area contributed by atoms with Gasteiger partial charge in [-0.15, -0.1) is 11.3 Å². The number of pyridine rings is 1. The quantitative estimate of drug-likeness (QED) is 0.418. The van der Waals surface area contributed by atoms with Crippen molar-refractivity contribution in [2.45, 2.75) is 38.4 Å². The van der Waals surface area contributed by atoms with Gasteiger partial charge in [-0.05, 0) is 55.6 Å². The fourth-order valence-corrected chi connectivity index (χ4v) is 5.26. The lowest BCUT2D eigenvalue weighted by Crippen LogP contribution is -2.58. The molecule has 0 bridgehead atoms. The van der Waals surface area contributed by atoms with Gasteiger partial charge in [0, 0.05) is 48.0 Å². The number of hydrogen-bond acceptors (Lipinski definition) is 7. The highest BCUT2D eigenvalue weighted by atomic mass is 32.1. The average molecular weight is 508 g/mol. The molecule has 10 heteroatoms. The summed E-state index contributed by atoms with van der Waals surface area (Å²) in [5.41, 5.74) is 8.54. The average Bonchev–Trinajstić information content (AvgIpc) is 3.40. The molecule has 3 unspecified atom stereocenters. The second kappa shape index (κ2) is 10.8. The van der Waals surface area contributed by atoms with Crippen molar-refractivity contribution in [1.82, 2.24) is 15.2 Å². The van der Waals surface area contributed by atoms with Crippen LogP contribution in [-0.2, 0) is 4.79 Å². The number of hydrogen-bond donors (Lipinski definition) is 3. The summed E-state index contributed by atoms with van der Waals surface area (Å²) in [4.78, 5) is 46.0. The number of benzene rings is 1. The zero-order valence-electron chi connectivity index (χ0n) is 20.1. The van der Waals surface area contributed by atoms with E-state index in [1.807, 2.05) is 36.3 Å². The van der Waals surface area contributed by atoms with Gasteiger partial charge in [0.05, 0.1) is 29.4 Å². The van der Waals surface area contributed by atoms with Gasteiger partial charge in [-0.2, -0.15) is 0 Å². The van der Waals surface area contributed by atoms with Crippen LogP contribution in [0.25, 0.3) is 0 Å². The number of anilines is 2. The number of carboxylic acid groups (broad SMARTS) is 1. The zero-order chi connectivity index (χ0) is 25.8. The molecule has 0 radical (unpaired) electrons. The van der Waals surface area contributed by atoms with Gasteiger partial charge < -0.3 is 26.0 Å². The summed E-state index contributed by atoms with van der Waals surface area (Å²) >= 11 is 1.39. The summed E-state index contributed by atoms with van der Waals surface area (Å²) < 4.78 is 0. The van der Waals surface area contributed by atoms with Gasteiger partial charge in [0.2, 0.25) is 0 Å². The molecule has 0 spiro atoms. The Morgan fingerprint density at radius 2 is 1.94 bits per heavy atom. The predicted octanol–water partition coefficient (Wildman–Crippen LogP) is 3.41. The zero-order valence-corrected chi connectivity index (χ0v) is 20.9. The molecule has 2 amide bonds. The van der Waals surface area contributed by atoms with Gasteiger partial charge in [-0.3, -0.25) is 19.4 Å². The van der Waals surface area contributed by atoms with Gasteiger partial charge in [-0.1, -0.05) is 6.07 Å². The van der Waals surface area contributed by atoms with E-state index in [0.29, 0.717) is 29.9 Å². The van der Waals surface area contributed by atoms with E-state index in [4.69, 9.17) is 5.73 Å². The maximum absolute atomic E-state index is 13.0. The minimum Gasteiger partial charge on any atom is -0.481 e. The molecule has 1 aliphatic heterocycles. The fourth-order valence-electron chi connectivity index (χ4n) is 4.49. The second-order valence-corrected chi connectivity index (χ2v) is 9.94. The maximum Gasteiger partial charge on any atom is 0.305 e. The third kappa shape index (κ3) is 5.49. The molecule has 3 aromatic rings. The molecule has 0 saturated carbocycles. The maximum atomic E-state index is 13.0. The molecule has 1 saturated heterocycles. The largest absolute Gasteiger partial charge is 0.481 e. The monoisotopic (exact) mass is 507 g/mol. The van der Waals surface area contributed by atoms with Crippen molar-refractivity contribution in [3.05, 3.63) is 76.2 Å². The van der Waals surface area contributed by atoms with E-state index in [9.17, 15) is 19.5 Å². The van der Waals surface area contributed by atoms with Crippen LogP contribution in [0.4, 0.5) is 11.4 Å². The van der Waals surface area contributed by atoms with Crippen molar-refractivity contribution in [2.75, 3.05) is 23.7 Å². The van der Waals surface area contributed by atoms with Crippen LogP contribution in [0.15, 0.2) is 60.2 Å². The van der Waals surface area contributed by atoms with Crippen molar-refractivity contribution in [1.29, 1.82) is 0 Å². The lowest BCUT2D eigenvalue weighted by Gasteiger charge is -2.45. The first-order valence-corrected chi connectivity index (χ1v) is 12.6. The first-order valence-electron chi connectivity index (χ1n) is 11.7. The Morgan fingerprint density at radius 3 is 2.58 bits per heavy atom. The number of aliphatic carboxylic acids is 1. The van der Waals surface area contributed by atoms with Crippen LogP contribution < -0.4 is 16.0 Å². The summed E-state index contributed by atoms with van der Waals surface area (Å²) in [6.45, 7) is 5.14. The van der Waals surface area contributed by atoms with Gasteiger partial charge in [0.25, 0.3) is 11.8 Å². The molecule has 4 rings (SSSR count). The number of rotatable bonds is 7. The standard InChI is InChI=1S/C26H29N5O4S/c1-16-15-31(26(35)19-5-3-9-28-13-19)17(2)14-30(16)22-8-7-18(11-20(22)27)25(34)29-21(12-24(32)33)23-6-4-10-36-23/h3-11,13,16-17,21H,12,14-15,27H2,1-2H3,(H,29,34)(H,32,33). The highest BCUT2D eigenvalue weighted by molar-refractivity contribution is 7.10. The van der Waals surface area contributed by atoms with Crippen LogP contribution in [0, 0.1) is 0 Å². The highest BCUT2D eigenvalue weighted by Gasteiger charge is 2.33. The minimum atomic E-state index is -0.993. The Kier molecular flexibility index (Phi) is 7.54. The molecule has 1 fully saturated rings. The molecule has 2 aromatic heterocycles. The molecular formula is C26H29N5O4S. The molecule has 9 nitrogen and oxygen atoms in total. The van der Waals surface area contributed by atoms with E-state index in [-0.39, 0.29) is 30.3 Å². The van der Waals surface area contributed by atoms with Crippen molar-refractivity contribution in [2.24, 2.45) is 0 Å². The van der Waals surface area contributed by atoms with E-state index in [2.05, 4.69) is 15.2 Å². The van der Waals surface area contributed by atoms with E-state index < -0.39 is 12.0 Å². The van der Waals surface area contributed by atoms with E-state index in [1.165, 1.54) is 11.3 Å². The van der Waals surface area contributed by atoms with Crippen molar-refractivity contribution >= 4 is 40.5 Å². The summed E-state index contributed by atoms with van der Waals surface area (Å²) in [5.74, 6) is -1.43. The molecule has 4 N–H and O–H groups in total. The predicted molar refractivity (Wildman–Crippen MR) is 139 cm³/mol. The number of piperazine rings is 1. The third-order valence-electron chi connectivity index (χ3n) is 6.33. The Bertz CT molecular complexity index is 1230. The number of carbonyl (C=O) groups excluding carboxylic acids is 2. The van der Waals surface area contributed by atoms with Crippen LogP contribution >= 0.6 is 11.3 Å². The van der Waals surface area contributed by atoms with E-state index in [1.54, 1.807) is 42.7 Å². The first kappa shape index (κ1) is 25.2. The van der Waals surface area contributed by atoms with Crippen LogP contribution in [0.2, 0.25) is 0 Å². The Hall–Kier alpha value is -3.92. The Balaban J connectivity index is 1.47. The number of nitrogens with two attached hydrogens (primary N) is 1. The number of nitrogens with zero attached hydrogens (tertiary/aromatic N) is 3. The fraction of sp³-hybridized carbons (Fsp3) is 0.308. The van der Waals surface area contributed by atoms with Crippen molar-refractivity contribution < 1.29 is 19.5 Å². The Labute approximate surface area is 213 Å². The molecule has 1 aromatic carbocycles. The third-order valence-corrected chi connectivity index (χ3v) is 7.31. The van der Waals surface area contributed by atoms with Gasteiger partial charge in [0.15, 0.2) is 0 Å². The molecule has 3 heterocycles. The summed E-state index contributed by atoms with van der Waals surface area (Å²) in [7, 11) is 0. The summed E-state index contributed by atoms with van der Waals surface area (Å²) in [6, 6.07) is 11.6. The molecule has 3 atom stereocenters. The van der Waals surface area contributed by atoms with E-state index >= 15 is 0 Å². The van der Waals surface area contributed by atoms with Gasteiger partial charge >= 0.3 is 5.97 Å². The molecule has 36 heavy (non-hydrogen) atoms. The SMILES string of the molecule is CC1CN(c2ccc(C(=O)NC(CC(=O)O)c3cccs3)cc2N)C(C)CN1C(=O)c1cccnc1. The Morgan fingerprint density at radius 1 is 1.14 bits per heavy atom. The first-order chi connectivity index (χ1) is 17.2. The number of nitrogen functional groups attached to an aromatic ring is 1. The molecule has 0 aliphatic carbocycles. The lowest BCUT2D eigenvalue weighted by atomic mass is 10.0. The topological polar surface area (TPSA) is 129 Å². The highest BCUT2D eigenvalue weighted by Crippen LogP contribution is 2.30. The summed E-state index contributed by atoms with van der Waals surface area (Å²) in [5, 5.41) is 13.9. The molecule has 188 valence electrons. The number of carbonyl (C=O) groups is 3. The van der Waals surface area contributed by atoms with E-state index in [0.717, 1.165) is 10.6 Å². The van der Waals surface area contributed by atoms with Crippen LogP contribution in [0.3, 0.4) is 0 Å². The number of thiophene rings is 1. The number of amides is 2. The van der Waals surface area contributed by atoms with Gasteiger partial charge in [-0.25, -0.2) is 0 Å². The smallest absolute Gasteiger partial charge is 0.305 e. The number of carboxylic acids is 1. The number of nitrogens with one attached hydrogen (secondary N) is 1. The summed E-state index contributed by atoms with van der Waals surface area (Å²) in [6.07, 6.45) is 3.01. The van der Waals surface area contributed by atoms with Crippen molar-refractivity contribution in [3.63, 3.8) is 0 Å². The van der Waals surface area contributed by atoms with Crippen LogP contribution in [0.5, 0.6) is 0 Å². The minimum absolute atomic E-state index is 0.00238. The van der Waals surface area contributed by atoms with Gasteiger partial charge in [0.1, 0.15) is 0 Å². The second-order valence-electron chi connectivity index (χ2n) is 8.96. The number of aromatic nitrogens is 1. The van der Waals surface area contributed by atoms with Crippen molar-refractivity contribution in [3.8, 4) is 0 Å². The lowest BCUT2D eigenvalue weighted by molar-refractivity contribution is -0.137. The molecular weight excluding hydrogens is 478 g/mol. The van der Waals surface area contributed by atoms with Crippen LogP contribution in [0.1, 0.15) is 51.9 Å². The normalized spacial score (nSPS) is 18.5. The van der Waals surface area contributed by atoms with Crippen LogP contribution in [-0.4, -0.2) is 57.9 Å².